The summed E-state index contributed by atoms with van der Waals surface area (Å²) in [6, 6.07) is 16.5. The van der Waals surface area contributed by atoms with Crippen LogP contribution in [0.25, 0.3) is 11.3 Å². The molecule has 0 atom stereocenters. The molecule has 0 N–H and O–H groups in total. The fourth-order valence-electron chi connectivity index (χ4n) is 2.02. The van der Waals surface area contributed by atoms with E-state index in [0.29, 0.717) is 5.22 Å². The predicted molar refractivity (Wildman–Crippen MR) is 90.4 cm³/mol. The van der Waals surface area contributed by atoms with Gasteiger partial charge >= 0.3 is 0 Å². The maximum atomic E-state index is 5.80. The SMILES string of the molecule is Cc1cccc(CSc2ncc(-c3ccc(Br)cc3)o2)c1. The Bertz CT molecular complexity index is 737. The van der Waals surface area contributed by atoms with E-state index in [4.69, 9.17) is 4.42 Å². The van der Waals surface area contributed by atoms with Crippen LogP contribution in [0.3, 0.4) is 0 Å². The summed E-state index contributed by atoms with van der Waals surface area (Å²) in [7, 11) is 0. The molecular weight excluding hydrogens is 346 g/mol. The average molecular weight is 360 g/mol. The molecule has 0 aliphatic carbocycles. The molecule has 0 fully saturated rings. The quantitative estimate of drug-likeness (QED) is 0.558. The molecule has 1 heterocycles. The molecule has 2 aromatic carbocycles. The maximum absolute atomic E-state index is 5.80. The van der Waals surface area contributed by atoms with Crippen molar-refractivity contribution in [1.29, 1.82) is 0 Å². The topological polar surface area (TPSA) is 26.0 Å². The third-order valence-electron chi connectivity index (χ3n) is 3.06. The summed E-state index contributed by atoms with van der Waals surface area (Å²) in [5.41, 5.74) is 3.59. The number of hydrogen-bond donors (Lipinski definition) is 0. The summed E-state index contributed by atoms with van der Waals surface area (Å²) in [4.78, 5) is 4.34. The fraction of sp³-hybridized carbons (Fsp3) is 0.118. The lowest BCUT2D eigenvalue weighted by Crippen LogP contribution is -1.81. The fourth-order valence-corrected chi connectivity index (χ4v) is 3.03. The smallest absolute Gasteiger partial charge is 0.256 e. The van der Waals surface area contributed by atoms with Gasteiger partial charge in [-0.25, -0.2) is 4.98 Å². The van der Waals surface area contributed by atoms with E-state index in [9.17, 15) is 0 Å². The molecule has 0 aliphatic heterocycles. The van der Waals surface area contributed by atoms with E-state index in [2.05, 4.69) is 52.1 Å². The third kappa shape index (κ3) is 3.77. The largest absolute Gasteiger partial charge is 0.431 e. The highest BCUT2D eigenvalue weighted by molar-refractivity contribution is 9.10. The van der Waals surface area contributed by atoms with Gasteiger partial charge in [0, 0.05) is 15.8 Å². The number of oxazole rings is 1. The van der Waals surface area contributed by atoms with Gasteiger partial charge in [0.15, 0.2) is 5.76 Å². The van der Waals surface area contributed by atoms with E-state index in [1.165, 1.54) is 11.1 Å². The van der Waals surface area contributed by atoms with Gasteiger partial charge in [0.2, 0.25) is 0 Å². The van der Waals surface area contributed by atoms with Crippen molar-refractivity contribution in [2.24, 2.45) is 0 Å². The number of benzene rings is 2. The molecule has 2 nitrogen and oxygen atoms in total. The van der Waals surface area contributed by atoms with E-state index in [1.807, 2.05) is 24.3 Å². The molecule has 3 aromatic rings. The molecule has 0 saturated heterocycles. The van der Waals surface area contributed by atoms with E-state index < -0.39 is 0 Å². The standard InChI is InChI=1S/C17H14BrNOS/c1-12-3-2-4-13(9-12)11-21-17-19-10-16(20-17)14-5-7-15(18)8-6-14/h2-10H,11H2,1H3. The van der Waals surface area contributed by atoms with Gasteiger partial charge in [-0.2, -0.15) is 0 Å². The first kappa shape index (κ1) is 14.4. The number of aromatic nitrogens is 1. The highest BCUT2D eigenvalue weighted by Crippen LogP contribution is 2.28. The Morgan fingerprint density at radius 3 is 2.71 bits per heavy atom. The summed E-state index contributed by atoms with van der Waals surface area (Å²) in [6.07, 6.45) is 1.78. The van der Waals surface area contributed by atoms with Crippen molar-refractivity contribution < 1.29 is 4.42 Å². The van der Waals surface area contributed by atoms with Crippen molar-refractivity contribution in [2.45, 2.75) is 17.9 Å². The molecule has 0 aliphatic rings. The van der Waals surface area contributed by atoms with Gasteiger partial charge in [-0.15, -0.1) is 0 Å². The molecule has 0 amide bonds. The number of thioether (sulfide) groups is 1. The molecular formula is C17H14BrNOS. The van der Waals surface area contributed by atoms with Crippen LogP contribution < -0.4 is 0 Å². The van der Waals surface area contributed by atoms with Crippen molar-refractivity contribution in [3.05, 3.63) is 70.3 Å². The summed E-state index contributed by atoms with van der Waals surface area (Å²) in [5, 5.41) is 0.703. The third-order valence-corrected chi connectivity index (χ3v) is 4.50. The van der Waals surface area contributed by atoms with Crippen LogP contribution in [0.4, 0.5) is 0 Å². The average Bonchev–Trinajstić information content (AvgIpc) is 2.95. The van der Waals surface area contributed by atoms with Gasteiger partial charge in [-0.1, -0.05) is 69.7 Å². The minimum atomic E-state index is 0.703. The molecule has 21 heavy (non-hydrogen) atoms. The van der Waals surface area contributed by atoms with Crippen molar-refractivity contribution in [3.8, 4) is 11.3 Å². The maximum Gasteiger partial charge on any atom is 0.256 e. The zero-order valence-corrected chi connectivity index (χ0v) is 13.9. The molecule has 0 radical (unpaired) electrons. The highest BCUT2D eigenvalue weighted by atomic mass is 79.9. The van der Waals surface area contributed by atoms with Crippen LogP contribution in [-0.4, -0.2) is 4.98 Å². The summed E-state index contributed by atoms with van der Waals surface area (Å²) < 4.78 is 6.85. The first-order valence-corrected chi connectivity index (χ1v) is 8.39. The summed E-state index contributed by atoms with van der Waals surface area (Å²) >= 11 is 5.04. The second-order valence-corrected chi connectivity index (χ2v) is 6.62. The van der Waals surface area contributed by atoms with Crippen LogP contribution in [0.15, 0.2) is 68.8 Å². The number of halogens is 1. The predicted octanol–water partition coefficient (Wildman–Crippen LogP) is 5.70. The molecule has 0 saturated carbocycles. The Morgan fingerprint density at radius 2 is 1.95 bits per heavy atom. The van der Waals surface area contributed by atoms with Gasteiger partial charge < -0.3 is 4.42 Å². The van der Waals surface area contributed by atoms with Crippen molar-refractivity contribution in [3.63, 3.8) is 0 Å². The number of rotatable bonds is 4. The monoisotopic (exact) mass is 359 g/mol. The normalized spacial score (nSPS) is 10.8. The van der Waals surface area contributed by atoms with E-state index in [-0.39, 0.29) is 0 Å². The van der Waals surface area contributed by atoms with Gasteiger partial charge in [-0.3, -0.25) is 0 Å². The van der Waals surface area contributed by atoms with E-state index in [1.54, 1.807) is 18.0 Å². The van der Waals surface area contributed by atoms with Gasteiger partial charge in [0.25, 0.3) is 5.22 Å². The van der Waals surface area contributed by atoms with Crippen molar-refractivity contribution in [2.75, 3.05) is 0 Å². The van der Waals surface area contributed by atoms with Gasteiger partial charge in [-0.05, 0) is 24.6 Å². The summed E-state index contributed by atoms with van der Waals surface area (Å²) in [5.74, 6) is 1.66. The van der Waals surface area contributed by atoms with Crippen LogP contribution >= 0.6 is 27.7 Å². The lowest BCUT2D eigenvalue weighted by Gasteiger charge is -2.00. The lowest BCUT2D eigenvalue weighted by molar-refractivity contribution is 0.466. The number of hydrogen-bond acceptors (Lipinski definition) is 3. The second-order valence-electron chi connectivity index (χ2n) is 4.78. The Morgan fingerprint density at radius 1 is 1.14 bits per heavy atom. The molecule has 1 aromatic heterocycles. The Hall–Kier alpha value is -1.52. The van der Waals surface area contributed by atoms with Crippen molar-refractivity contribution in [1.82, 2.24) is 4.98 Å². The molecule has 0 unspecified atom stereocenters. The highest BCUT2D eigenvalue weighted by Gasteiger charge is 2.07. The van der Waals surface area contributed by atoms with Gasteiger partial charge in [0.05, 0.1) is 6.20 Å². The molecule has 0 spiro atoms. The minimum Gasteiger partial charge on any atom is -0.431 e. The van der Waals surface area contributed by atoms with Crippen LogP contribution in [0.1, 0.15) is 11.1 Å². The Kier molecular flexibility index (Phi) is 4.46. The Labute approximate surface area is 136 Å². The van der Waals surface area contributed by atoms with Crippen molar-refractivity contribution >= 4 is 27.7 Å². The first-order chi connectivity index (χ1) is 10.2. The molecule has 106 valence electrons. The van der Waals surface area contributed by atoms with Crippen LogP contribution in [0.2, 0.25) is 0 Å². The number of aryl methyl sites for hydroxylation is 1. The Balaban J connectivity index is 1.69. The van der Waals surface area contributed by atoms with Crippen LogP contribution in [-0.2, 0) is 5.75 Å². The minimum absolute atomic E-state index is 0.703. The van der Waals surface area contributed by atoms with Crippen LogP contribution in [0.5, 0.6) is 0 Å². The molecule has 4 heteroatoms. The van der Waals surface area contributed by atoms with Crippen LogP contribution in [0, 0.1) is 6.92 Å². The van der Waals surface area contributed by atoms with E-state index >= 15 is 0 Å². The lowest BCUT2D eigenvalue weighted by atomic mass is 10.2. The second kappa shape index (κ2) is 6.50. The molecule has 0 bridgehead atoms. The van der Waals surface area contributed by atoms with Gasteiger partial charge in [0.1, 0.15) is 0 Å². The van der Waals surface area contributed by atoms with E-state index in [0.717, 1.165) is 21.5 Å². The zero-order valence-electron chi connectivity index (χ0n) is 11.5. The summed E-state index contributed by atoms with van der Waals surface area (Å²) in [6.45, 7) is 2.10. The molecule has 3 rings (SSSR count). The first-order valence-electron chi connectivity index (χ1n) is 6.61. The zero-order chi connectivity index (χ0) is 14.7. The number of nitrogens with zero attached hydrogens (tertiary/aromatic N) is 1.